The summed E-state index contributed by atoms with van der Waals surface area (Å²) in [5.74, 6) is 0.418. The summed E-state index contributed by atoms with van der Waals surface area (Å²) in [6.07, 6.45) is 0. The fourth-order valence-electron chi connectivity index (χ4n) is 3.29. The van der Waals surface area contributed by atoms with Gasteiger partial charge in [-0.3, -0.25) is 4.79 Å². The molecule has 1 atom stereocenters. The number of nitrogens with two attached hydrogens (primary N) is 1. The zero-order valence-electron chi connectivity index (χ0n) is 14.1. The highest BCUT2D eigenvalue weighted by atomic mass is 35.5. The Morgan fingerprint density at radius 1 is 1.19 bits per heavy atom. The largest absolute Gasteiger partial charge is 0.507 e. The molecule has 2 heterocycles. The maximum absolute atomic E-state index is 12.5. The van der Waals surface area contributed by atoms with Gasteiger partial charge in [0.2, 0.25) is 0 Å². The van der Waals surface area contributed by atoms with Gasteiger partial charge >= 0.3 is 0 Å². The van der Waals surface area contributed by atoms with Crippen molar-refractivity contribution in [2.24, 2.45) is 5.73 Å². The summed E-state index contributed by atoms with van der Waals surface area (Å²) in [5.41, 5.74) is 8.77. The first-order chi connectivity index (χ1) is 12.5. The summed E-state index contributed by atoms with van der Waals surface area (Å²) in [6, 6.07) is 13.1. The molecule has 6 heteroatoms. The molecule has 0 saturated carbocycles. The average Bonchev–Trinajstić information content (AvgIpc) is 3.15. The molecule has 0 aliphatic rings. The molecule has 0 aliphatic heterocycles. The van der Waals surface area contributed by atoms with Gasteiger partial charge in [-0.05, 0) is 47.2 Å². The average molecular weight is 385 g/mol. The summed E-state index contributed by atoms with van der Waals surface area (Å²) in [6.45, 7) is 2.65. The second-order valence-electron chi connectivity index (χ2n) is 6.36. The Kier molecular flexibility index (Phi) is 4.23. The van der Waals surface area contributed by atoms with Gasteiger partial charge in [0.15, 0.2) is 0 Å². The van der Waals surface area contributed by atoms with Crippen molar-refractivity contribution >= 4 is 44.1 Å². The first-order valence-corrected chi connectivity index (χ1v) is 9.49. The molecule has 0 unspecified atom stereocenters. The molecule has 0 bridgehead atoms. The number of pyridine rings is 1. The molecule has 2 aromatic carbocycles. The third-order valence-electron chi connectivity index (χ3n) is 4.80. The van der Waals surface area contributed by atoms with Gasteiger partial charge in [0, 0.05) is 28.1 Å². The Labute approximate surface area is 159 Å². The number of fused-ring (bicyclic) bond motifs is 3. The topological polar surface area (TPSA) is 68.2 Å². The Hall–Kier alpha value is -2.34. The molecule has 0 radical (unpaired) electrons. The van der Waals surface area contributed by atoms with Gasteiger partial charge < -0.3 is 10.8 Å². The molecule has 4 nitrogen and oxygen atoms in total. The molecule has 0 saturated heterocycles. The summed E-state index contributed by atoms with van der Waals surface area (Å²) >= 11 is 7.62. The van der Waals surface area contributed by atoms with Crippen molar-refractivity contribution in [1.29, 1.82) is 0 Å². The monoisotopic (exact) mass is 384 g/mol. The van der Waals surface area contributed by atoms with Crippen LogP contribution in [-0.2, 0) is 0 Å². The van der Waals surface area contributed by atoms with E-state index in [0.29, 0.717) is 22.3 Å². The molecular weight excluding hydrogens is 368 g/mol. The van der Waals surface area contributed by atoms with Crippen LogP contribution in [0, 0.1) is 0 Å². The van der Waals surface area contributed by atoms with Gasteiger partial charge in [-0.1, -0.05) is 31.2 Å². The van der Waals surface area contributed by atoms with E-state index in [4.69, 9.17) is 17.5 Å². The summed E-state index contributed by atoms with van der Waals surface area (Å²) in [4.78, 5) is 12.5. The molecule has 2 aromatic heterocycles. The molecule has 3 N–H and O–H groups in total. The van der Waals surface area contributed by atoms with Crippen LogP contribution in [0.5, 0.6) is 5.75 Å². The zero-order chi connectivity index (χ0) is 18.4. The van der Waals surface area contributed by atoms with Gasteiger partial charge in [0.05, 0.1) is 5.52 Å². The number of halogens is 1. The van der Waals surface area contributed by atoms with E-state index in [2.05, 4.69) is 6.92 Å². The normalized spacial score (nSPS) is 12.7. The van der Waals surface area contributed by atoms with E-state index in [1.54, 1.807) is 12.1 Å². The highest BCUT2D eigenvalue weighted by Crippen LogP contribution is 2.40. The Balaban J connectivity index is 2.07. The third-order valence-corrected chi connectivity index (χ3v) is 6.04. The number of phenolic OH excluding ortho intramolecular Hbond substituents is 1. The predicted octanol–water partition coefficient (Wildman–Crippen LogP) is 4.65. The number of hydrogen-bond acceptors (Lipinski definition) is 4. The maximum atomic E-state index is 12.5. The van der Waals surface area contributed by atoms with Gasteiger partial charge in [0.1, 0.15) is 10.4 Å². The zero-order valence-corrected chi connectivity index (χ0v) is 15.6. The van der Waals surface area contributed by atoms with Crippen LogP contribution in [0.4, 0.5) is 0 Å². The van der Waals surface area contributed by atoms with Crippen LogP contribution < -0.4 is 11.3 Å². The highest BCUT2D eigenvalue weighted by molar-refractivity contribution is 7.17. The quantitative estimate of drug-likeness (QED) is 0.540. The van der Waals surface area contributed by atoms with Crippen LogP contribution in [-0.4, -0.2) is 15.7 Å². The van der Waals surface area contributed by atoms with Gasteiger partial charge in [0.25, 0.3) is 5.56 Å². The Morgan fingerprint density at radius 3 is 2.62 bits per heavy atom. The first-order valence-electron chi connectivity index (χ1n) is 8.27. The Morgan fingerprint density at radius 2 is 1.92 bits per heavy atom. The number of benzene rings is 2. The fourth-order valence-corrected chi connectivity index (χ4v) is 4.40. The maximum Gasteiger partial charge on any atom is 0.283 e. The molecule has 0 spiro atoms. The van der Waals surface area contributed by atoms with Crippen molar-refractivity contribution in [1.82, 2.24) is 4.09 Å². The van der Waals surface area contributed by atoms with Gasteiger partial charge in [-0.15, -0.1) is 11.3 Å². The molecule has 0 amide bonds. The molecule has 4 aromatic rings. The van der Waals surface area contributed by atoms with Crippen LogP contribution in [0.1, 0.15) is 18.4 Å². The van der Waals surface area contributed by atoms with Gasteiger partial charge in [-0.25, -0.2) is 4.09 Å². The second-order valence-corrected chi connectivity index (χ2v) is 7.62. The molecule has 132 valence electrons. The van der Waals surface area contributed by atoms with E-state index >= 15 is 0 Å². The van der Waals surface area contributed by atoms with Crippen LogP contribution in [0.2, 0.25) is 0 Å². The number of aromatic hydroxyl groups is 1. The number of nitrogens with zero attached hydrogens (tertiary/aromatic N) is 1. The fraction of sp³-hybridized carbons (Fsp3) is 0.150. The number of rotatable bonds is 3. The van der Waals surface area contributed by atoms with E-state index in [1.807, 2.05) is 35.7 Å². The van der Waals surface area contributed by atoms with E-state index < -0.39 is 0 Å². The first kappa shape index (κ1) is 17.1. The minimum Gasteiger partial charge on any atom is -0.507 e. The predicted molar refractivity (Wildman–Crippen MR) is 109 cm³/mol. The molecule has 26 heavy (non-hydrogen) atoms. The van der Waals surface area contributed by atoms with E-state index in [-0.39, 0.29) is 17.2 Å². The Bertz CT molecular complexity index is 1180. The molecule has 0 aliphatic carbocycles. The van der Waals surface area contributed by atoms with Crippen molar-refractivity contribution in [3.63, 3.8) is 0 Å². The van der Waals surface area contributed by atoms with Crippen LogP contribution in [0.15, 0.2) is 52.6 Å². The molecular formula is C20H17ClN2O2S. The van der Waals surface area contributed by atoms with E-state index in [9.17, 15) is 9.90 Å². The SMILES string of the molecule is C[C@@H](CN)c1ccc(-c2c(O)ccc3c2c2ccsc2c(=O)n3Cl)cc1. The minimum absolute atomic E-state index is 0.153. The molecule has 4 rings (SSSR count). The lowest BCUT2D eigenvalue weighted by Crippen LogP contribution is -2.12. The third kappa shape index (κ3) is 2.51. The standard InChI is InChI=1S/C20H17ClN2O2S/c1-11(10-22)12-2-4-13(5-3-12)17-16(24)7-6-15-18(17)14-8-9-26-19(14)20(25)23(15)21/h2-9,11,24H,10,22H2,1H3/t11-/m0/s1. The van der Waals surface area contributed by atoms with Crippen molar-refractivity contribution < 1.29 is 5.11 Å². The molecule has 0 fully saturated rings. The van der Waals surface area contributed by atoms with Crippen molar-refractivity contribution in [2.45, 2.75) is 12.8 Å². The number of thiophene rings is 1. The summed E-state index contributed by atoms with van der Waals surface area (Å²) in [5, 5.41) is 14.0. The van der Waals surface area contributed by atoms with Crippen LogP contribution in [0.3, 0.4) is 0 Å². The summed E-state index contributed by atoms with van der Waals surface area (Å²) in [7, 11) is 0. The van der Waals surface area contributed by atoms with Crippen molar-refractivity contribution in [2.75, 3.05) is 6.54 Å². The van der Waals surface area contributed by atoms with Gasteiger partial charge in [-0.2, -0.15) is 0 Å². The smallest absolute Gasteiger partial charge is 0.283 e. The summed E-state index contributed by atoms with van der Waals surface area (Å²) < 4.78 is 1.70. The number of hydrogen-bond donors (Lipinski definition) is 2. The lowest BCUT2D eigenvalue weighted by molar-refractivity contribution is 0.478. The van der Waals surface area contributed by atoms with Crippen LogP contribution in [0.25, 0.3) is 32.1 Å². The number of phenols is 1. The minimum atomic E-state index is -0.243. The van der Waals surface area contributed by atoms with Crippen molar-refractivity contribution in [3.05, 3.63) is 63.8 Å². The second kappa shape index (κ2) is 6.43. The lowest BCUT2D eigenvalue weighted by Gasteiger charge is -2.14. The van der Waals surface area contributed by atoms with Crippen molar-refractivity contribution in [3.8, 4) is 16.9 Å². The van der Waals surface area contributed by atoms with Crippen LogP contribution >= 0.6 is 23.1 Å². The highest BCUT2D eigenvalue weighted by Gasteiger charge is 2.18. The van der Waals surface area contributed by atoms with E-state index in [0.717, 1.165) is 26.0 Å². The number of aromatic nitrogens is 1. The van der Waals surface area contributed by atoms with E-state index in [1.165, 1.54) is 11.3 Å². The lowest BCUT2D eigenvalue weighted by atomic mass is 9.94.